The van der Waals surface area contributed by atoms with Gasteiger partial charge in [-0.1, -0.05) is 6.92 Å². The van der Waals surface area contributed by atoms with Gasteiger partial charge >= 0.3 is 6.03 Å². The van der Waals surface area contributed by atoms with Crippen LogP contribution in [0.3, 0.4) is 0 Å². The molecule has 23 heavy (non-hydrogen) atoms. The van der Waals surface area contributed by atoms with Crippen molar-refractivity contribution in [2.75, 3.05) is 26.2 Å². The lowest BCUT2D eigenvalue weighted by molar-refractivity contribution is -0.126. The minimum atomic E-state index is -0.0544. The minimum Gasteiger partial charge on any atom is -0.356 e. The first-order valence-corrected chi connectivity index (χ1v) is 8.39. The van der Waals surface area contributed by atoms with Crippen molar-refractivity contribution < 1.29 is 9.59 Å². The molecular weight excluding hydrogens is 294 g/mol. The zero-order valence-electron chi connectivity index (χ0n) is 14.0. The van der Waals surface area contributed by atoms with E-state index in [1.165, 1.54) is 0 Å². The Balaban J connectivity index is 1.66. The normalized spacial score (nSPS) is 15.5. The van der Waals surface area contributed by atoms with E-state index in [1.54, 1.807) is 11.1 Å². The number of hydrogen-bond donors (Lipinski definition) is 2. The maximum Gasteiger partial charge on any atom is 0.317 e. The second-order valence-electron chi connectivity index (χ2n) is 6.07. The number of likely N-dealkylation sites (tertiary alicyclic amines) is 1. The van der Waals surface area contributed by atoms with Gasteiger partial charge in [0, 0.05) is 38.3 Å². The third-order valence-electron chi connectivity index (χ3n) is 4.08. The number of carbonyl (C=O) groups excluding carboxylic acids is 2. The summed E-state index contributed by atoms with van der Waals surface area (Å²) in [5.74, 6) is 0.165. The highest BCUT2D eigenvalue weighted by Crippen LogP contribution is 2.17. The lowest BCUT2D eigenvalue weighted by atomic mass is 9.96. The van der Waals surface area contributed by atoms with Gasteiger partial charge in [-0.3, -0.25) is 9.48 Å². The van der Waals surface area contributed by atoms with Crippen LogP contribution in [0, 0.1) is 12.8 Å². The van der Waals surface area contributed by atoms with E-state index >= 15 is 0 Å². The molecule has 0 aliphatic carbocycles. The van der Waals surface area contributed by atoms with Crippen molar-refractivity contribution in [1.82, 2.24) is 25.3 Å². The summed E-state index contributed by atoms with van der Waals surface area (Å²) >= 11 is 0. The molecule has 1 aliphatic rings. The summed E-state index contributed by atoms with van der Waals surface area (Å²) < 4.78 is 1.82. The molecule has 128 valence electrons. The van der Waals surface area contributed by atoms with Crippen molar-refractivity contribution in [3.05, 3.63) is 18.0 Å². The monoisotopic (exact) mass is 321 g/mol. The van der Waals surface area contributed by atoms with E-state index in [2.05, 4.69) is 15.7 Å². The second-order valence-corrected chi connectivity index (χ2v) is 6.07. The van der Waals surface area contributed by atoms with Crippen LogP contribution >= 0.6 is 0 Å². The number of piperidine rings is 1. The second kappa shape index (κ2) is 8.55. The van der Waals surface area contributed by atoms with E-state index in [0.29, 0.717) is 26.2 Å². The van der Waals surface area contributed by atoms with Crippen LogP contribution in [-0.4, -0.2) is 52.8 Å². The van der Waals surface area contributed by atoms with Crippen molar-refractivity contribution >= 4 is 11.9 Å². The Bertz CT molecular complexity index is 520. The molecule has 0 bridgehead atoms. The molecule has 2 N–H and O–H groups in total. The van der Waals surface area contributed by atoms with Crippen molar-refractivity contribution in [3.63, 3.8) is 0 Å². The Labute approximate surface area is 137 Å². The molecule has 3 amide bonds. The van der Waals surface area contributed by atoms with Crippen LogP contribution in [0.1, 0.15) is 31.7 Å². The molecule has 1 aromatic rings. The van der Waals surface area contributed by atoms with Crippen molar-refractivity contribution in [1.29, 1.82) is 0 Å². The first-order chi connectivity index (χ1) is 11.1. The third-order valence-corrected chi connectivity index (χ3v) is 4.08. The van der Waals surface area contributed by atoms with Crippen molar-refractivity contribution in [2.45, 2.75) is 39.7 Å². The molecule has 1 saturated heterocycles. The van der Waals surface area contributed by atoms with Crippen molar-refractivity contribution in [3.8, 4) is 0 Å². The van der Waals surface area contributed by atoms with Crippen LogP contribution in [0.15, 0.2) is 12.4 Å². The Hall–Kier alpha value is -2.05. The van der Waals surface area contributed by atoms with Crippen LogP contribution < -0.4 is 10.6 Å². The van der Waals surface area contributed by atoms with Gasteiger partial charge in [0.25, 0.3) is 0 Å². The zero-order valence-corrected chi connectivity index (χ0v) is 14.0. The van der Waals surface area contributed by atoms with Gasteiger partial charge < -0.3 is 15.5 Å². The molecule has 0 aromatic carbocycles. The summed E-state index contributed by atoms with van der Waals surface area (Å²) in [6.07, 6.45) is 6.17. The molecule has 0 radical (unpaired) electrons. The number of nitrogens with one attached hydrogen (secondary N) is 2. The summed E-state index contributed by atoms with van der Waals surface area (Å²) in [6, 6.07) is -0.0544. The van der Waals surface area contributed by atoms with Gasteiger partial charge in [0.05, 0.1) is 12.7 Å². The lowest BCUT2D eigenvalue weighted by Gasteiger charge is -2.31. The van der Waals surface area contributed by atoms with Gasteiger partial charge in [-0.05, 0) is 31.7 Å². The molecule has 2 heterocycles. The van der Waals surface area contributed by atoms with Gasteiger partial charge in [-0.25, -0.2) is 4.79 Å². The fourth-order valence-corrected chi connectivity index (χ4v) is 2.72. The molecule has 0 spiro atoms. The number of carbonyl (C=O) groups is 2. The van der Waals surface area contributed by atoms with E-state index in [-0.39, 0.29) is 17.9 Å². The highest BCUT2D eigenvalue weighted by atomic mass is 16.2. The summed E-state index contributed by atoms with van der Waals surface area (Å²) in [5.41, 5.74) is 1.11. The highest BCUT2D eigenvalue weighted by Gasteiger charge is 2.26. The number of urea groups is 1. The molecule has 0 unspecified atom stereocenters. The average Bonchev–Trinajstić information content (AvgIpc) is 2.98. The standard InChI is InChI=1S/C16H27N5O2/c1-3-6-17-15(22)14-4-8-20(9-5-14)16(23)18-7-10-21-12-13(2)11-19-21/h11-12,14H,3-10H2,1-2H3,(H,17,22)(H,18,23). The predicted molar refractivity (Wildman–Crippen MR) is 88.0 cm³/mol. The van der Waals surface area contributed by atoms with Gasteiger partial charge in [-0.2, -0.15) is 5.10 Å². The molecule has 1 aliphatic heterocycles. The molecular formula is C16H27N5O2. The molecule has 2 rings (SSSR count). The molecule has 7 heteroatoms. The van der Waals surface area contributed by atoms with E-state index in [1.807, 2.05) is 24.7 Å². The number of hydrogen-bond acceptors (Lipinski definition) is 3. The summed E-state index contributed by atoms with van der Waals surface area (Å²) in [6.45, 7) is 7.24. The van der Waals surface area contributed by atoms with Crippen LogP contribution in [0.25, 0.3) is 0 Å². The molecule has 0 atom stereocenters. The molecule has 7 nitrogen and oxygen atoms in total. The smallest absolute Gasteiger partial charge is 0.317 e. The quantitative estimate of drug-likeness (QED) is 0.824. The van der Waals surface area contributed by atoms with Gasteiger partial charge in [-0.15, -0.1) is 0 Å². The van der Waals surface area contributed by atoms with Crippen LogP contribution in [0.4, 0.5) is 4.79 Å². The van der Waals surface area contributed by atoms with E-state index in [0.717, 1.165) is 31.4 Å². The van der Waals surface area contributed by atoms with E-state index in [9.17, 15) is 9.59 Å². The first kappa shape index (κ1) is 17.3. The maximum atomic E-state index is 12.1. The topological polar surface area (TPSA) is 79.3 Å². The van der Waals surface area contributed by atoms with E-state index < -0.39 is 0 Å². The maximum absolute atomic E-state index is 12.1. The summed E-state index contributed by atoms with van der Waals surface area (Å²) in [7, 11) is 0. The summed E-state index contributed by atoms with van der Waals surface area (Å²) in [5, 5.41) is 10.0. The Kier molecular flexibility index (Phi) is 6.43. The zero-order chi connectivity index (χ0) is 16.7. The first-order valence-electron chi connectivity index (χ1n) is 8.39. The lowest BCUT2D eigenvalue weighted by Crippen LogP contribution is -2.47. The van der Waals surface area contributed by atoms with Crippen LogP contribution in [-0.2, 0) is 11.3 Å². The van der Waals surface area contributed by atoms with Gasteiger partial charge in [0.1, 0.15) is 0 Å². The summed E-state index contributed by atoms with van der Waals surface area (Å²) in [4.78, 5) is 25.8. The molecule has 1 fully saturated rings. The molecule has 0 saturated carbocycles. The molecule has 1 aromatic heterocycles. The number of aromatic nitrogens is 2. The fourth-order valence-electron chi connectivity index (χ4n) is 2.72. The van der Waals surface area contributed by atoms with Gasteiger partial charge in [0.15, 0.2) is 0 Å². The van der Waals surface area contributed by atoms with Crippen LogP contribution in [0.5, 0.6) is 0 Å². The Morgan fingerprint density at radius 3 is 2.61 bits per heavy atom. The number of amides is 3. The Morgan fingerprint density at radius 1 is 1.26 bits per heavy atom. The van der Waals surface area contributed by atoms with Crippen molar-refractivity contribution in [2.24, 2.45) is 5.92 Å². The predicted octanol–water partition coefficient (Wildman–Crippen LogP) is 1.14. The highest BCUT2D eigenvalue weighted by molar-refractivity contribution is 5.79. The number of aryl methyl sites for hydroxylation is 1. The average molecular weight is 321 g/mol. The Morgan fingerprint density at radius 2 is 2.00 bits per heavy atom. The number of nitrogens with zero attached hydrogens (tertiary/aromatic N) is 3. The van der Waals surface area contributed by atoms with E-state index in [4.69, 9.17) is 0 Å². The third kappa shape index (κ3) is 5.26. The van der Waals surface area contributed by atoms with Crippen LogP contribution in [0.2, 0.25) is 0 Å². The SMILES string of the molecule is CCCNC(=O)C1CCN(C(=O)NCCn2cc(C)cn2)CC1. The number of rotatable bonds is 6. The largest absolute Gasteiger partial charge is 0.356 e. The minimum absolute atomic E-state index is 0.0395. The fraction of sp³-hybridized carbons (Fsp3) is 0.688. The van der Waals surface area contributed by atoms with Gasteiger partial charge in [0.2, 0.25) is 5.91 Å².